The Kier molecular flexibility index (Phi) is 8.54. The van der Waals surface area contributed by atoms with Gasteiger partial charge in [0.05, 0.1) is 6.42 Å². The largest absolute Gasteiger partial charge is 0.354 e. The van der Waals surface area contributed by atoms with E-state index in [9.17, 15) is 9.59 Å². The second-order valence-corrected chi connectivity index (χ2v) is 8.52. The molecule has 0 aliphatic heterocycles. The van der Waals surface area contributed by atoms with Crippen LogP contribution in [-0.2, 0) is 22.6 Å². The smallest absolute Gasteiger partial charge is 0.242 e. The molecule has 0 heterocycles. The molecule has 1 atom stereocenters. The van der Waals surface area contributed by atoms with E-state index in [0.29, 0.717) is 22.5 Å². The van der Waals surface area contributed by atoms with Gasteiger partial charge in [-0.3, -0.25) is 9.59 Å². The van der Waals surface area contributed by atoms with E-state index in [4.69, 9.17) is 23.2 Å². The number of halogens is 2. The normalized spacial score (nSPS) is 12.0. The third kappa shape index (κ3) is 6.76. The summed E-state index contributed by atoms with van der Waals surface area (Å²) in [5, 5.41) is 3.92. The van der Waals surface area contributed by atoms with Gasteiger partial charge < -0.3 is 10.2 Å². The summed E-state index contributed by atoms with van der Waals surface area (Å²) in [7, 11) is 0. The third-order valence-corrected chi connectivity index (χ3v) is 5.40. The van der Waals surface area contributed by atoms with Crippen molar-refractivity contribution >= 4 is 35.0 Å². The molecule has 2 aromatic rings. The molecule has 6 heteroatoms. The fourth-order valence-corrected chi connectivity index (χ4v) is 3.41. The van der Waals surface area contributed by atoms with Crippen molar-refractivity contribution in [2.75, 3.05) is 6.54 Å². The fraction of sp³-hybridized carbons (Fsp3) is 0.391. The molecule has 1 unspecified atom stereocenters. The van der Waals surface area contributed by atoms with E-state index in [-0.39, 0.29) is 24.8 Å². The van der Waals surface area contributed by atoms with Crippen LogP contribution in [0, 0.1) is 12.8 Å². The van der Waals surface area contributed by atoms with Crippen molar-refractivity contribution in [3.63, 3.8) is 0 Å². The number of amides is 2. The molecule has 0 spiro atoms. The first-order valence-electron chi connectivity index (χ1n) is 9.74. The van der Waals surface area contributed by atoms with E-state index in [2.05, 4.69) is 5.32 Å². The Morgan fingerprint density at radius 1 is 1.03 bits per heavy atom. The van der Waals surface area contributed by atoms with E-state index in [0.717, 1.165) is 16.7 Å². The van der Waals surface area contributed by atoms with E-state index in [1.165, 1.54) is 0 Å². The number of benzene rings is 2. The molecular formula is C23H28Cl2N2O2. The Hall–Kier alpha value is -2.04. The van der Waals surface area contributed by atoms with Gasteiger partial charge in [0.2, 0.25) is 11.8 Å². The second-order valence-electron chi connectivity index (χ2n) is 7.68. The van der Waals surface area contributed by atoms with Crippen molar-refractivity contribution in [3.8, 4) is 0 Å². The molecule has 0 aliphatic carbocycles. The molecular weight excluding hydrogens is 407 g/mol. The van der Waals surface area contributed by atoms with Gasteiger partial charge in [0.15, 0.2) is 0 Å². The zero-order chi connectivity index (χ0) is 21.6. The van der Waals surface area contributed by atoms with Gasteiger partial charge in [-0.15, -0.1) is 0 Å². The first-order valence-corrected chi connectivity index (χ1v) is 10.5. The number of carbonyl (C=O) groups excluding carboxylic acids is 2. The summed E-state index contributed by atoms with van der Waals surface area (Å²) in [6, 6.07) is 12.3. The molecule has 29 heavy (non-hydrogen) atoms. The zero-order valence-electron chi connectivity index (χ0n) is 17.3. The van der Waals surface area contributed by atoms with Crippen LogP contribution in [0.4, 0.5) is 0 Å². The number of hydrogen-bond donors (Lipinski definition) is 1. The lowest BCUT2D eigenvalue weighted by Crippen LogP contribution is -2.48. The highest BCUT2D eigenvalue weighted by atomic mass is 35.5. The van der Waals surface area contributed by atoms with Crippen molar-refractivity contribution in [2.24, 2.45) is 5.92 Å². The molecule has 0 radical (unpaired) electrons. The minimum Gasteiger partial charge on any atom is -0.354 e. The SMILES string of the molecule is Cc1ccccc1CC(=O)N(Cc1ccc(Cl)cc1Cl)C(C)C(=O)NCC(C)C. The number of aryl methyl sites for hydroxylation is 1. The standard InChI is InChI=1S/C23H28Cl2N2O2/c1-15(2)13-26-23(29)17(4)27(14-19-9-10-20(24)12-21(19)25)22(28)11-18-8-6-5-7-16(18)3/h5-10,12,15,17H,11,13-14H2,1-4H3,(H,26,29). The molecule has 0 aromatic heterocycles. The average molecular weight is 435 g/mol. The van der Waals surface area contributed by atoms with Crippen molar-refractivity contribution in [1.29, 1.82) is 0 Å². The molecule has 0 bridgehead atoms. The van der Waals surface area contributed by atoms with Crippen LogP contribution < -0.4 is 5.32 Å². The van der Waals surface area contributed by atoms with Crippen molar-refractivity contribution in [1.82, 2.24) is 10.2 Å². The predicted molar refractivity (Wildman–Crippen MR) is 119 cm³/mol. The minimum absolute atomic E-state index is 0.127. The van der Waals surface area contributed by atoms with E-state index >= 15 is 0 Å². The molecule has 0 saturated heterocycles. The highest BCUT2D eigenvalue weighted by molar-refractivity contribution is 6.35. The Balaban J connectivity index is 2.27. The molecule has 1 N–H and O–H groups in total. The summed E-state index contributed by atoms with van der Waals surface area (Å²) in [6.45, 7) is 8.57. The maximum absolute atomic E-state index is 13.2. The lowest BCUT2D eigenvalue weighted by Gasteiger charge is -2.29. The zero-order valence-corrected chi connectivity index (χ0v) is 18.8. The summed E-state index contributed by atoms with van der Waals surface area (Å²) >= 11 is 12.3. The van der Waals surface area contributed by atoms with Crippen LogP contribution >= 0.6 is 23.2 Å². The average Bonchev–Trinajstić information content (AvgIpc) is 2.66. The number of carbonyl (C=O) groups is 2. The quantitative estimate of drug-likeness (QED) is 0.632. The molecule has 2 amide bonds. The maximum Gasteiger partial charge on any atom is 0.242 e. The minimum atomic E-state index is -0.628. The van der Waals surface area contributed by atoms with Gasteiger partial charge in [-0.25, -0.2) is 0 Å². The van der Waals surface area contributed by atoms with Gasteiger partial charge in [-0.05, 0) is 48.6 Å². The van der Waals surface area contributed by atoms with Crippen LogP contribution in [0.2, 0.25) is 10.0 Å². The molecule has 0 fully saturated rings. The predicted octanol–water partition coefficient (Wildman–Crippen LogP) is 5.03. The molecule has 2 aromatic carbocycles. The van der Waals surface area contributed by atoms with Crippen molar-refractivity contribution in [2.45, 2.75) is 46.7 Å². The van der Waals surface area contributed by atoms with Gasteiger partial charge in [0.1, 0.15) is 6.04 Å². The van der Waals surface area contributed by atoms with Crippen LogP contribution in [-0.4, -0.2) is 29.3 Å². The topological polar surface area (TPSA) is 49.4 Å². The van der Waals surface area contributed by atoms with Crippen LogP contribution in [0.25, 0.3) is 0 Å². The maximum atomic E-state index is 13.2. The fourth-order valence-electron chi connectivity index (χ4n) is 2.94. The summed E-state index contributed by atoms with van der Waals surface area (Å²) in [4.78, 5) is 27.5. The third-order valence-electron chi connectivity index (χ3n) is 4.81. The van der Waals surface area contributed by atoms with Gasteiger partial charge in [0.25, 0.3) is 0 Å². The number of nitrogens with one attached hydrogen (secondary N) is 1. The number of rotatable bonds is 8. The lowest BCUT2D eigenvalue weighted by molar-refractivity contribution is -0.140. The van der Waals surface area contributed by atoms with E-state index in [1.54, 1.807) is 30.0 Å². The van der Waals surface area contributed by atoms with Crippen molar-refractivity contribution < 1.29 is 9.59 Å². The molecule has 156 valence electrons. The van der Waals surface area contributed by atoms with Crippen LogP contribution in [0.5, 0.6) is 0 Å². The second kappa shape index (κ2) is 10.7. The first-order chi connectivity index (χ1) is 13.7. The molecule has 2 rings (SSSR count). The molecule has 0 aliphatic rings. The van der Waals surface area contributed by atoms with Gasteiger partial charge in [0, 0.05) is 23.1 Å². The summed E-state index contributed by atoms with van der Waals surface area (Å²) in [5.74, 6) is 0.0208. The Morgan fingerprint density at radius 3 is 2.34 bits per heavy atom. The van der Waals surface area contributed by atoms with E-state index in [1.807, 2.05) is 45.0 Å². The van der Waals surface area contributed by atoms with Gasteiger partial charge in [-0.1, -0.05) is 67.4 Å². The van der Waals surface area contributed by atoms with Gasteiger partial charge in [-0.2, -0.15) is 0 Å². The number of hydrogen-bond acceptors (Lipinski definition) is 2. The number of nitrogens with zero attached hydrogens (tertiary/aromatic N) is 1. The molecule has 4 nitrogen and oxygen atoms in total. The summed E-state index contributed by atoms with van der Waals surface area (Å²) < 4.78 is 0. The van der Waals surface area contributed by atoms with Crippen LogP contribution in [0.15, 0.2) is 42.5 Å². The highest BCUT2D eigenvalue weighted by Gasteiger charge is 2.27. The summed E-state index contributed by atoms with van der Waals surface area (Å²) in [5.41, 5.74) is 2.74. The Labute approximate surface area is 183 Å². The Morgan fingerprint density at radius 2 is 1.72 bits per heavy atom. The highest BCUT2D eigenvalue weighted by Crippen LogP contribution is 2.24. The molecule has 0 saturated carbocycles. The van der Waals surface area contributed by atoms with Crippen LogP contribution in [0.3, 0.4) is 0 Å². The Bertz CT molecular complexity index is 868. The van der Waals surface area contributed by atoms with Crippen LogP contribution in [0.1, 0.15) is 37.5 Å². The first kappa shape index (κ1) is 23.2. The monoisotopic (exact) mass is 434 g/mol. The van der Waals surface area contributed by atoms with E-state index < -0.39 is 6.04 Å². The van der Waals surface area contributed by atoms with Gasteiger partial charge >= 0.3 is 0 Å². The summed E-state index contributed by atoms with van der Waals surface area (Å²) in [6.07, 6.45) is 0.222. The lowest BCUT2D eigenvalue weighted by atomic mass is 10.0. The van der Waals surface area contributed by atoms with Crippen molar-refractivity contribution in [3.05, 3.63) is 69.2 Å².